The van der Waals surface area contributed by atoms with Crippen molar-refractivity contribution in [1.29, 1.82) is 0 Å². The molecule has 0 aromatic heterocycles. The second-order valence-corrected chi connectivity index (χ2v) is 6.92. The van der Waals surface area contributed by atoms with Gasteiger partial charge >= 0.3 is 0 Å². The molecule has 0 radical (unpaired) electrons. The van der Waals surface area contributed by atoms with Gasteiger partial charge in [0.25, 0.3) is 0 Å². The third-order valence-corrected chi connectivity index (χ3v) is 4.83. The number of benzene rings is 2. The van der Waals surface area contributed by atoms with Crippen LogP contribution in [0.1, 0.15) is 5.56 Å². The fourth-order valence-corrected chi connectivity index (χ4v) is 2.96. The molecular weight excluding hydrogens is 416 g/mol. The fourth-order valence-electron chi connectivity index (χ4n) is 1.71. The van der Waals surface area contributed by atoms with Gasteiger partial charge in [0.2, 0.25) is 5.91 Å². The number of aromatic hydroxyl groups is 1. The molecule has 0 heterocycles. The molecule has 0 atom stereocenters. The van der Waals surface area contributed by atoms with Crippen LogP contribution in [0.15, 0.2) is 50.9 Å². The number of nitrogens with zero attached hydrogens (tertiary/aromatic N) is 1. The third-order valence-electron chi connectivity index (χ3n) is 2.87. The average Bonchev–Trinajstić information content (AvgIpc) is 2.56. The molecule has 0 aliphatic carbocycles. The number of hydrogen-bond acceptors (Lipinski definition) is 5. The van der Waals surface area contributed by atoms with E-state index in [4.69, 9.17) is 16.3 Å². The number of phenolic OH excluding ortho intramolecular Hbond substituents is 1. The van der Waals surface area contributed by atoms with Crippen molar-refractivity contribution < 1.29 is 14.6 Å². The highest BCUT2D eigenvalue weighted by Crippen LogP contribution is 2.31. The molecule has 0 saturated heterocycles. The van der Waals surface area contributed by atoms with E-state index in [0.717, 1.165) is 4.90 Å². The van der Waals surface area contributed by atoms with Crippen molar-refractivity contribution in [1.82, 2.24) is 5.43 Å². The van der Waals surface area contributed by atoms with Gasteiger partial charge in [-0.15, -0.1) is 11.8 Å². The first-order chi connectivity index (χ1) is 11.5. The van der Waals surface area contributed by atoms with Gasteiger partial charge in [-0.2, -0.15) is 5.10 Å². The number of carbonyl (C=O) groups is 1. The second kappa shape index (κ2) is 8.96. The van der Waals surface area contributed by atoms with Crippen molar-refractivity contribution >= 4 is 51.4 Å². The summed E-state index contributed by atoms with van der Waals surface area (Å²) in [6.07, 6.45) is 1.47. The maximum atomic E-state index is 11.8. The van der Waals surface area contributed by atoms with Crippen LogP contribution >= 0.6 is 39.3 Å². The van der Waals surface area contributed by atoms with Crippen molar-refractivity contribution in [3.63, 3.8) is 0 Å². The maximum Gasteiger partial charge on any atom is 0.250 e. The Morgan fingerprint density at radius 2 is 2.12 bits per heavy atom. The Labute approximate surface area is 157 Å². The molecular formula is C16H14BrClN2O3S. The molecule has 0 unspecified atom stereocenters. The highest BCUT2D eigenvalue weighted by molar-refractivity contribution is 9.10. The first kappa shape index (κ1) is 18.6. The molecule has 24 heavy (non-hydrogen) atoms. The lowest BCUT2D eigenvalue weighted by Gasteiger charge is -2.06. The Morgan fingerprint density at radius 1 is 1.42 bits per heavy atom. The van der Waals surface area contributed by atoms with Crippen LogP contribution in [0, 0.1) is 0 Å². The summed E-state index contributed by atoms with van der Waals surface area (Å²) in [5.41, 5.74) is 3.11. The summed E-state index contributed by atoms with van der Waals surface area (Å²) >= 11 is 10.5. The number of amides is 1. The Bertz CT molecular complexity index is 754. The zero-order valence-corrected chi connectivity index (χ0v) is 15.8. The van der Waals surface area contributed by atoms with Gasteiger partial charge in [-0.3, -0.25) is 4.79 Å². The molecule has 0 saturated carbocycles. The summed E-state index contributed by atoms with van der Waals surface area (Å²) in [5, 5.41) is 14.2. The number of ether oxygens (including phenoxy) is 1. The molecule has 126 valence electrons. The number of phenols is 1. The predicted octanol–water partition coefficient (Wildman–Crippen LogP) is 4.06. The van der Waals surface area contributed by atoms with Crippen LogP contribution in [-0.2, 0) is 4.79 Å². The quantitative estimate of drug-likeness (QED) is 0.413. The van der Waals surface area contributed by atoms with E-state index in [0.29, 0.717) is 20.8 Å². The number of rotatable bonds is 6. The van der Waals surface area contributed by atoms with Gasteiger partial charge in [-0.1, -0.05) is 11.6 Å². The number of halogens is 2. The van der Waals surface area contributed by atoms with Gasteiger partial charge in [0, 0.05) is 20.0 Å². The molecule has 1 amide bonds. The fraction of sp³-hybridized carbons (Fsp3) is 0.125. The minimum atomic E-state index is -0.229. The van der Waals surface area contributed by atoms with Gasteiger partial charge < -0.3 is 9.84 Å². The van der Waals surface area contributed by atoms with E-state index in [1.165, 1.54) is 31.2 Å². The molecule has 0 fully saturated rings. The van der Waals surface area contributed by atoms with Crippen LogP contribution in [0.25, 0.3) is 0 Å². The molecule has 2 N–H and O–H groups in total. The number of hydrazone groups is 1. The van der Waals surface area contributed by atoms with Gasteiger partial charge in [0.1, 0.15) is 0 Å². The summed E-state index contributed by atoms with van der Waals surface area (Å²) < 4.78 is 5.67. The van der Waals surface area contributed by atoms with Crippen LogP contribution in [0.4, 0.5) is 0 Å². The van der Waals surface area contributed by atoms with Crippen LogP contribution in [0.5, 0.6) is 11.5 Å². The summed E-state index contributed by atoms with van der Waals surface area (Å²) in [6, 6.07) is 10.4. The largest absolute Gasteiger partial charge is 0.504 e. The van der Waals surface area contributed by atoms with Crippen LogP contribution in [0.3, 0.4) is 0 Å². The van der Waals surface area contributed by atoms with Crippen molar-refractivity contribution in [2.24, 2.45) is 5.10 Å². The zero-order valence-electron chi connectivity index (χ0n) is 12.6. The normalized spacial score (nSPS) is 10.8. The Kier molecular flexibility index (Phi) is 6.96. The molecule has 5 nitrogen and oxygen atoms in total. The lowest BCUT2D eigenvalue weighted by atomic mass is 10.2. The van der Waals surface area contributed by atoms with Crippen LogP contribution in [-0.4, -0.2) is 30.1 Å². The number of hydrogen-bond donors (Lipinski definition) is 2. The number of methoxy groups -OCH3 is 1. The minimum absolute atomic E-state index is 0.0184. The Morgan fingerprint density at radius 3 is 2.79 bits per heavy atom. The van der Waals surface area contributed by atoms with Gasteiger partial charge in [0.15, 0.2) is 11.5 Å². The standard InChI is InChI=1S/C16H14BrClN2O3S/c1-23-15-6-10(13(17)7-14(15)21)8-19-20-16(22)9-24-12-4-2-11(18)3-5-12/h2-8,21H,9H2,1H3,(H,20,22)/b19-8-. The SMILES string of the molecule is COc1cc(/C=N\NC(=O)CSc2ccc(Cl)cc2)c(Br)cc1O. The van der Waals surface area contributed by atoms with E-state index in [-0.39, 0.29) is 17.4 Å². The van der Waals surface area contributed by atoms with E-state index in [1.54, 1.807) is 18.2 Å². The van der Waals surface area contributed by atoms with E-state index >= 15 is 0 Å². The summed E-state index contributed by atoms with van der Waals surface area (Å²) in [4.78, 5) is 12.7. The zero-order chi connectivity index (χ0) is 17.5. The Hall–Kier alpha value is -1.70. The monoisotopic (exact) mass is 428 g/mol. The van der Waals surface area contributed by atoms with Gasteiger partial charge in [0.05, 0.1) is 19.1 Å². The first-order valence-electron chi connectivity index (χ1n) is 6.76. The van der Waals surface area contributed by atoms with Gasteiger partial charge in [-0.05, 0) is 52.3 Å². The lowest BCUT2D eigenvalue weighted by Crippen LogP contribution is -2.19. The maximum absolute atomic E-state index is 11.8. The van der Waals surface area contributed by atoms with Crippen LogP contribution < -0.4 is 10.2 Å². The second-order valence-electron chi connectivity index (χ2n) is 4.58. The summed E-state index contributed by atoms with van der Waals surface area (Å²) in [6.45, 7) is 0. The molecule has 2 aromatic rings. The first-order valence-corrected chi connectivity index (χ1v) is 8.92. The number of nitrogens with one attached hydrogen (secondary N) is 1. The minimum Gasteiger partial charge on any atom is -0.504 e. The molecule has 2 rings (SSSR count). The molecule has 0 bridgehead atoms. The van der Waals surface area contributed by atoms with Crippen LogP contribution in [0.2, 0.25) is 5.02 Å². The Balaban J connectivity index is 1.89. The average molecular weight is 430 g/mol. The molecule has 0 aliphatic heterocycles. The third kappa shape index (κ3) is 5.43. The van der Waals surface area contributed by atoms with Crippen molar-refractivity contribution in [3.05, 3.63) is 51.5 Å². The topological polar surface area (TPSA) is 70.9 Å². The number of thioether (sulfide) groups is 1. The summed E-state index contributed by atoms with van der Waals surface area (Å²) in [7, 11) is 1.46. The van der Waals surface area contributed by atoms with Crippen molar-refractivity contribution in [3.8, 4) is 11.5 Å². The van der Waals surface area contributed by atoms with E-state index < -0.39 is 0 Å². The van der Waals surface area contributed by atoms with Crippen molar-refractivity contribution in [2.45, 2.75) is 4.90 Å². The van der Waals surface area contributed by atoms with Crippen molar-refractivity contribution in [2.75, 3.05) is 12.9 Å². The molecule has 2 aromatic carbocycles. The molecule has 0 aliphatic rings. The predicted molar refractivity (Wildman–Crippen MR) is 100 cm³/mol. The van der Waals surface area contributed by atoms with E-state index in [9.17, 15) is 9.90 Å². The number of carbonyl (C=O) groups excluding carboxylic acids is 1. The van der Waals surface area contributed by atoms with Gasteiger partial charge in [-0.25, -0.2) is 5.43 Å². The smallest absolute Gasteiger partial charge is 0.250 e. The highest BCUT2D eigenvalue weighted by atomic mass is 79.9. The highest BCUT2D eigenvalue weighted by Gasteiger charge is 2.07. The van der Waals surface area contributed by atoms with E-state index in [1.807, 2.05) is 12.1 Å². The van der Waals surface area contributed by atoms with E-state index in [2.05, 4.69) is 26.5 Å². The molecule has 0 spiro atoms. The lowest BCUT2D eigenvalue weighted by molar-refractivity contribution is -0.118. The molecule has 8 heteroatoms. The summed E-state index contributed by atoms with van der Waals surface area (Å²) in [5.74, 6) is 0.348.